The van der Waals surface area contributed by atoms with E-state index in [2.05, 4.69) is 6.58 Å². The highest BCUT2D eigenvalue weighted by Crippen LogP contribution is 2.35. The Morgan fingerprint density at radius 3 is 2.44 bits per heavy atom. The summed E-state index contributed by atoms with van der Waals surface area (Å²) in [5.74, 6) is -0.721. The third-order valence-corrected chi connectivity index (χ3v) is 2.11. The molecule has 16 heavy (non-hydrogen) atoms. The van der Waals surface area contributed by atoms with Gasteiger partial charge in [-0.2, -0.15) is 13.2 Å². The fourth-order valence-electron chi connectivity index (χ4n) is 1.37. The molecule has 0 bridgehead atoms. The minimum Gasteiger partial charge on any atom is -0.330 e. The standard InChI is InChI=1S/C11H11F4N/c1-7(4-5-16)9-6-8(12)2-3-10(9)11(13,14)15/h2-3,6H,1,4-5,16H2. The Morgan fingerprint density at radius 2 is 1.94 bits per heavy atom. The monoisotopic (exact) mass is 233 g/mol. The predicted octanol–water partition coefficient (Wildman–Crippen LogP) is 3.21. The molecule has 5 heteroatoms. The van der Waals surface area contributed by atoms with Crippen molar-refractivity contribution in [1.82, 2.24) is 0 Å². The zero-order chi connectivity index (χ0) is 12.3. The van der Waals surface area contributed by atoms with Crippen molar-refractivity contribution in [3.05, 3.63) is 41.7 Å². The van der Waals surface area contributed by atoms with E-state index in [1.54, 1.807) is 0 Å². The van der Waals surface area contributed by atoms with Crippen LogP contribution in [0.3, 0.4) is 0 Å². The van der Waals surface area contributed by atoms with Gasteiger partial charge < -0.3 is 5.73 Å². The summed E-state index contributed by atoms with van der Waals surface area (Å²) in [6.45, 7) is 3.66. The van der Waals surface area contributed by atoms with E-state index in [4.69, 9.17) is 5.73 Å². The molecule has 0 heterocycles. The number of halogens is 4. The van der Waals surface area contributed by atoms with Crippen molar-refractivity contribution < 1.29 is 17.6 Å². The molecule has 0 aliphatic carbocycles. The normalized spacial score (nSPS) is 11.6. The van der Waals surface area contributed by atoms with Gasteiger partial charge >= 0.3 is 6.18 Å². The lowest BCUT2D eigenvalue weighted by molar-refractivity contribution is -0.137. The molecule has 1 aromatic carbocycles. The first-order chi connectivity index (χ1) is 7.36. The van der Waals surface area contributed by atoms with Crippen molar-refractivity contribution in [3.8, 4) is 0 Å². The molecule has 0 aliphatic heterocycles. The first-order valence-electron chi connectivity index (χ1n) is 4.61. The van der Waals surface area contributed by atoms with Crippen LogP contribution in [0.1, 0.15) is 17.5 Å². The van der Waals surface area contributed by atoms with E-state index >= 15 is 0 Å². The quantitative estimate of drug-likeness (QED) is 0.797. The first kappa shape index (κ1) is 12.7. The number of benzene rings is 1. The smallest absolute Gasteiger partial charge is 0.330 e. The Labute approximate surface area is 90.6 Å². The van der Waals surface area contributed by atoms with Gasteiger partial charge in [-0.05, 0) is 42.3 Å². The van der Waals surface area contributed by atoms with Gasteiger partial charge in [0.1, 0.15) is 5.82 Å². The number of rotatable bonds is 3. The third kappa shape index (κ3) is 2.82. The highest BCUT2D eigenvalue weighted by molar-refractivity contribution is 5.67. The summed E-state index contributed by atoms with van der Waals surface area (Å²) in [4.78, 5) is 0. The van der Waals surface area contributed by atoms with Crippen molar-refractivity contribution in [2.45, 2.75) is 12.6 Å². The molecule has 0 radical (unpaired) electrons. The molecule has 0 spiro atoms. The van der Waals surface area contributed by atoms with Gasteiger partial charge in [-0.25, -0.2) is 4.39 Å². The minimum absolute atomic E-state index is 0.173. The Hall–Kier alpha value is -1.36. The summed E-state index contributed by atoms with van der Waals surface area (Å²) in [6, 6.07) is 2.33. The van der Waals surface area contributed by atoms with Gasteiger partial charge in [0.15, 0.2) is 0 Å². The Kier molecular flexibility index (Phi) is 3.70. The summed E-state index contributed by atoms with van der Waals surface area (Å²) in [5, 5.41) is 0. The van der Waals surface area contributed by atoms with E-state index in [0.717, 1.165) is 12.1 Å². The lowest BCUT2D eigenvalue weighted by atomic mass is 9.98. The lowest BCUT2D eigenvalue weighted by Crippen LogP contribution is -2.10. The van der Waals surface area contributed by atoms with Crippen molar-refractivity contribution in [2.24, 2.45) is 5.73 Å². The average molecular weight is 233 g/mol. The van der Waals surface area contributed by atoms with Crippen molar-refractivity contribution in [2.75, 3.05) is 6.54 Å². The molecular formula is C11H11F4N. The molecule has 0 aromatic heterocycles. The van der Waals surface area contributed by atoms with Crippen LogP contribution in [-0.4, -0.2) is 6.54 Å². The fourth-order valence-corrected chi connectivity index (χ4v) is 1.37. The van der Waals surface area contributed by atoms with Gasteiger partial charge in [-0.3, -0.25) is 0 Å². The van der Waals surface area contributed by atoms with Gasteiger partial charge in [0, 0.05) is 0 Å². The molecule has 0 saturated carbocycles. The number of hydrogen-bond donors (Lipinski definition) is 1. The zero-order valence-electron chi connectivity index (χ0n) is 8.44. The molecule has 0 unspecified atom stereocenters. The van der Waals surface area contributed by atoms with E-state index < -0.39 is 17.6 Å². The van der Waals surface area contributed by atoms with Gasteiger partial charge in [0.25, 0.3) is 0 Å². The first-order valence-corrected chi connectivity index (χ1v) is 4.61. The highest BCUT2D eigenvalue weighted by Gasteiger charge is 2.33. The second-order valence-electron chi connectivity index (χ2n) is 3.33. The molecule has 1 nitrogen and oxygen atoms in total. The Balaban J connectivity index is 3.24. The molecular weight excluding hydrogens is 222 g/mol. The summed E-state index contributed by atoms with van der Waals surface area (Å²) in [5.41, 5.74) is 4.31. The largest absolute Gasteiger partial charge is 0.416 e. The van der Waals surface area contributed by atoms with Crippen LogP contribution in [0.15, 0.2) is 24.8 Å². The van der Waals surface area contributed by atoms with Crippen LogP contribution in [0.4, 0.5) is 17.6 Å². The molecule has 0 aliphatic rings. The molecule has 2 N–H and O–H groups in total. The van der Waals surface area contributed by atoms with Crippen LogP contribution >= 0.6 is 0 Å². The second-order valence-corrected chi connectivity index (χ2v) is 3.33. The fraction of sp³-hybridized carbons (Fsp3) is 0.273. The summed E-state index contributed by atoms with van der Waals surface area (Å²) >= 11 is 0. The van der Waals surface area contributed by atoms with Crippen molar-refractivity contribution >= 4 is 5.57 Å². The molecule has 0 saturated heterocycles. The number of nitrogens with two attached hydrogens (primary N) is 1. The molecule has 1 aromatic rings. The van der Waals surface area contributed by atoms with E-state index in [0.29, 0.717) is 6.07 Å². The Bertz CT molecular complexity index is 395. The maximum atomic E-state index is 12.9. The number of alkyl halides is 3. The van der Waals surface area contributed by atoms with Crippen LogP contribution < -0.4 is 5.73 Å². The Morgan fingerprint density at radius 1 is 1.31 bits per heavy atom. The van der Waals surface area contributed by atoms with Crippen LogP contribution in [0.25, 0.3) is 5.57 Å². The van der Waals surface area contributed by atoms with Gasteiger partial charge in [0.2, 0.25) is 0 Å². The topological polar surface area (TPSA) is 26.0 Å². The van der Waals surface area contributed by atoms with Crippen LogP contribution in [0, 0.1) is 5.82 Å². The number of hydrogen-bond acceptors (Lipinski definition) is 1. The summed E-state index contributed by atoms with van der Waals surface area (Å²) in [6.07, 6.45) is -4.31. The highest BCUT2D eigenvalue weighted by atomic mass is 19.4. The van der Waals surface area contributed by atoms with Crippen LogP contribution in [-0.2, 0) is 6.18 Å². The van der Waals surface area contributed by atoms with E-state index in [1.165, 1.54) is 0 Å². The van der Waals surface area contributed by atoms with Crippen molar-refractivity contribution in [1.29, 1.82) is 0 Å². The van der Waals surface area contributed by atoms with Crippen LogP contribution in [0.2, 0.25) is 0 Å². The van der Waals surface area contributed by atoms with E-state index in [-0.39, 0.29) is 24.1 Å². The molecule has 0 fully saturated rings. The van der Waals surface area contributed by atoms with Gasteiger partial charge in [-0.15, -0.1) is 0 Å². The van der Waals surface area contributed by atoms with Gasteiger partial charge in [0.05, 0.1) is 5.56 Å². The summed E-state index contributed by atoms with van der Waals surface area (Å²) in [7, 11) is 0. The zero-order valence-corrected chi connectivity index (χ0v) is 8.44. The lowest BCUT2D eigenvalue weighted by Gasteiger charge is -2.14. The maximum absolute atomic E-state index is 12.9. The average Bonchev–Trinajstić information content (AvgIpc) is 2.16. The van der Waals surface area contributed by atoms with Gasteiger partial charge in [-0.1, -0.05) is 6.58 Å². The predicted molar refractivity (Wildman–Crippen MR) is 54.1 cm³/mol. The molecule has 0 atom stereocenters. The molecule has 0 amide bonds. The molecule has 88 valence electrons. The summed E-state index contributed by atoms with van der Waals surface area (Å²) < 4.78 is 50.7. The van der Waals surface area contributed by atoms with E-state index in [1.807, 2.05) is 0 Å². The third-order valence-electron chi connectivity index (χ3n) is 2.11. The van der Waals surface area contributed by atoms with Crippen LogP contribution in [0.5, 0.6) is 0 Å². The minimum atomic E-state index is -4.51. The molecule has 1 rings (SSSR count). The SMILES string of the molecule is C=C(CCN)c1cc(F)ccc1C(F)(F)F. The second kappa shape index (κ2) is 4.65. The maximum Gasteiger partial charge on any atom is 0.416 e. The van der Waals surface area contributed by atoms with E-state index in [9.17, 15) is 17.6 Å². The van der Waals surface area contributed by atoms with Crippen molar-refractivity contribution in [3.63, 3.8) is 0 Å².